The highest BCUT2D eigenvalue weighted by atomic mass is 32.1. The maximum atomic E-state index is 12.9. The number of aromatic nitrogens is 3. The van der Waals surface area contributed by atoms with E-state index in [-0.39, 0.29) is 11.9 Å². The number of thiazole rings is 1. The van der Waals surface area contributed by atoms with Crippen LogP contribution in [0.1, 0.15) is 36.2 Å². The third kappa shape index (κ3) is 2.62. The van der Waals surface area contributed by atoms with Gasteiger partial charge in [-0.05, 0) is 50.9 Å². The van der Waals surface area contributed by atoms with Gasteiger partial charge in [0.15, 0.2) is 5.69 Å². The third-order valence-corrected chi connectivity index (χ3v) is 6.71. The van der Waals surface area contributed by atoms with Gasteiger partial charge in [-0.2, -0.15) is 5.10 Å². The summed E-state index contributed by atoms with van der Waals surface area (Å²) in [5.74, 6) is -0.0820. The Labute approximate surface area is 155 Å². The molecule has 2 saturated heterocycles. The Morgan fingerprint density at radius 1 is 1.31 bits per heavy atom. The van der Waals surface area contributed by atoms with Crippen LogP contribution >= 0.6 is 11.3 Å². The van der Waals surface area contributed by atoms with E-state index < -0.39 is 0 Å². The quantitative estimate of drug-likeness (QED) is 0.746. The van der Waals surface area contributed by atoms with Crippen molar-refractivity contribution in [1.82, 2.24) is 25.4 Å². The van der Waals surface area contributed by atoms with Gasteiger partial charge in [0.1, 0.15) is 5.01 Å². The lowest BCUT2D eigenvalue weighted by molar-refractivity contribution is 0.0879. The van der Waals surface area contributed by atoms with Crippen molar-refractivity contribution < 1.29 is 4.79 Å². The molecule has 0 radical (unpaired) electrons. The van der Waals surface area contributed by atoms with E-state index in [1.54, 1.807) is 17.5 Å². The Morgan fingerprint density at radius 2 is 2.12 bits per heavy atom. The van der Waals surface area contributed by atoms with Crippen LogP contribution in [0, 0.1) is 0 Å². The van der Waals surface area contributed by atoms with E-state index in [4.69, 9.17) is 0 Å². The van der Waals surface area contributed by atoms with Crippen LogP contribution in [0.25, 0.3) is 21.5 Å². The smallest absolute Gasteiger partial charge is 0.272 e. The molecule has 1 amide bonds. The first-order valence-corrected chi connectivity index (χ1v) is 9.98. The van der Waals surface area contributed by atoms with Crippen LogP contribution in [0.4, 0.5) is 0 Å². The van der Waals surface area contributed by atoms with Crippen LogP contribution in [0.5, 0.6) is 0 Å². The minimum Gasteiger partial charge on any atom is -0.348 e. The monoisotopic (exact) mass is 367 g/mol. The number of nitrogens with one attached hydrogen (secondary N) is 2. The first kappa shape index (κ1) is 16.0. The van der Waals surface area contributed by atoms with E-state index in [0.29, 0.717) is 17.8 Å². The Hall–Kier alpha value is -2.25. The number of rotatable bonds is 3. The molecule has 5 rings (SSSR count). The number of carbonyl (C=O) groups excluding carboxylic acids is 1. The summed E-state index contributed by atoms with van der Waals surface area (Å²) in [4.78, 5) is 19.7. The van der Waals surface area contributed by atoms with E-state index >= 15 is 0 Å². The molecule has 2 aliphatic heterocycles. The molecular weight excluding hydrogens is 346 g/mol. The molecule has 3 aromatic rings. The number of hydrogen-bond donors (Lipinski definition) is 2. The van der Waals surface area contributed by atoms with Gasteiger partial charge in [0.2, 0.25) is 0 Å². The second kappa shape index (κ2) is 6.17. The van der Waals surface area contributed by atoms with Gasteiger partial charge < -0.3 is 10.2 Å². The molecule has 2 aromatic heterocycles. The van der Waals surface area contributed by atoms with Gasteiger partial charge in [0.05, 0.1) is 5.52 Å². The molecule has 0 spiro atoms. The molecule has 4 heterocycles. The van der Waals surface area contributed by atoms with E-state index in [1.807, 2.05) is 23.6 Å². The zero-order valence-electron chi connectivity index (χ0n) is 14.6. The predicted molar refractivity (Wildman–Crippen MR) is 102 cm³/mol. The van der Waals surface area contributed by atoms with Gasteiger partial charge in [-0.3, -0.25) is 9.89 Å². The highest BCUT2D eigenvalue weighted by molar-refractivity contribution is 7.13. The summed E-state index contributed by atoms with van der Waals surface area (Å²) < 4.78 is 0. The second-order valence-electron chi connectivity index (χ2n) is 7.36. The maximum absolute atomic E-state index is 12.9. The SMILES string of the molecule is CN1[C@@H]2CC[C@H]1C[C@@H](NC(=O)c1n[nH]c3ccc(-c4nccs4)cc13)C2. The molecule has 2 bridgehead atoms. The maximum Gasteiger partial charge on any atom is 0.272 e. The first-order chi connectivity index (χ1) is 12.7. The minimum absolute atomic E-state index is 0.0820. The standard InChI is InChI=1S/C19H21N5OS/c1-24-13-3-4-14(24)10-12(9-13)21-18(25)17-15-8-11(19-20-6-7-26-19)2-5-16(15)22-23-17/h2,5-8,12-14H,3-4,9-10H2,1H3,(H,21,25)(H,22,23)/t12-,13+,14-. The highest BCUT2D eigenvalue weighted by Crippen LogP contribution is 2.34. The Kier molecular flexibility index (Phi) is 3.79. The number of aromatic amines is 1. The average Bonchev–Trinajstić information content (AvgIpc) is 3.34. The van der Waals surface area contributed by atoms with Gasteiger partial charge in [-0.25, -0.2) is 4.98 Å². The summed E-state index contributed by atoms with van der Waals surface area (Å²) in [6.07, 6.45) is 6.35. The van der Waals surface area contributed by atoms with Crippen LogP contribution in [0.3, 0.4) is 0 Å². The van der Waals surface area contributed by atoms with Gasteiger partial charge in [0.25, 0.3) is 5.91 Å². The number of hydrogen-bond acceptors (Lipinski definition) is 5. The Morgan fingerprint density at radius 3 is 2.85 bits per heavy atom. The molecule has 26 heavy (non-hydrogen) atoms. The summed E-state index contributed by atoms with van der Waals surface area (Å²) in [6.45, 7) is 0. The van der Waals surface area contributed by atoms with Crippen molar-refractivity contribution >= 4 is 28.1 Å². The molecule has 1 aromatic carbocycles. The van der Waals surface area contributed by atoms with E-state index in [0.717, 1.165) is 34.3 Å². The average molecular weight is 367 g/mol. The summed E-state index contributed by atoms with van der Waals surface area (Å²) in [7, 11) is 2.21. The molecule has 7 heteroatoms. The van der Waals surface area contributed by atoms with Crippen molar-refractivity contribution in [2.75, 3.05) is 7.05 Å². The normalized spacial score (nSPS) is 25.7. The largest absolute Gasteiger partial charge is 0.348 e. The lowest BCUT2D eigenvalue weighted by atomic mass is 9.98. The van der Waals surface area contributed by atoms with Crippen molar-refractivity contribution in [3.8, 4) is 10.6 Å². The molecule has 2 fully saturated rings. The lowest BCUT2D eigenvalue weighted by Crippen LogP contribution is -2.48. The fourth-order valence-corrected chi connectivity index (χ4v) is 5.10. The van der Waals surface area contributed by atoms with Gasteiger partial charge in [-0.1, -0.05) is 0 Å². The highest BCUT2D eigenvalue weighted by Gasteiger charge is 2.39. The molecule has 6 nitrogen and oxygen atoms in total. The summed E-state index contributed by atoms with van der Waals surface area (Å²) >= 11 is 1.59. The molecule has 134 valence electrons. The van der Waals surface area contributed by atoms with Crippen molar-refractivity contribution in [1.29, 1.82) is 0 Å². The molecule has 0 aliphatic carbocycles. The van der Waals surface area contributed by atoms with E-state index in [1.165, 1.54) is 12.8 Å². The second-order valence-corrected chi connectivity index (χ2v) is 8.26. The number of carbonyl (C=O) groups is 1. The molecular formula is C19H21N5OS. The third-order valence-electron chi connectivity index (χ3n) is 5.89. The molecule has 0 unspecified atom stereocenters. The predicted octanol–water partition coefficient (Wildman–Crippen LogP) is 3.04. The number of fused-ring (bicyclic) bond motifs is 3. The van der Waals surface area contributed by atoms with Crippen molar-refractivity contribution in [3.05, 3.63) is 35.5 Å². The Bertz CT molecular complexity index is 936. The zero-order valence-corrected chi connectivity index (χ0v) is 15.4. The number of benzene rings is 1. The van der Waals surface area contributed by atoms with Gasteiger partial charge in [-0.15, -0.1) is 11.3 Å². The van der Waals surface area contributed by atoms with E-state index in [9.17, 15) is 4.79 Å². The Balaban J connectivity index is 1.40. The van der Waals surface area contributed by atoms with Crippen LogP contribution in [-0.2, 0) is 0 Å². The minimum atomic E-state index is -0.0820. The van der Waals surface area contributed by atoms with Crippen molar-refractivity contribution in [3.63, 3.8) is 0 Å². The van der Waals surface area contributed by atoms with Crippen LogP contribution < -0.4 is 5.32 Å². The van der Waals surface area contributed by atoms with Crippen LogP contribution in [0.15, 0.2) is 29.8 Å². The first-order valence-electron chi connectivity index (χ1n) is 9.10. The molecule has 0 saturated carbocycles. The fraction of sp³-hybridized carbons (Fsp3) is 0.421. The number of H-pyrrole nitrogens is 1. The summed E-state index contributed by atoms with van der Waals surface area (Å²) in [5, 5.41) is 14.3. The molecule has 2 N–H and O–H groups in total. The zero-order chi connectivity index (χ0) is 17.7. The van der Waals surface area contributed by atoms with Crippen LogP contribution in [-0.4, -0.2) is 51.2 Å². The molecule has 3 atom stereocenters. The number of nitrogens with zero attached hydrogens (tertiary/aromatic N) is 3. The van der Waals surface area contributed by atoms with Crippen molar-refractivity contribution in [2.24, 2.45) is 0 Å². The van der Waals surface area contributed by atoms with E-state index in [2.05, 4.69) is 32.4 Å². The lowest BCUT2D eigenvalue weighted by Gasteiger charge is -2.36. The van der Waals surface area contributed by atoms with Gasteiger partial charge >= 0.3 is 0 Å². The molecule has 2 aliphatic rings. The number of piperidine rings is 1. The summed E-state index contributed by atoms with van der Waals surface area (Å²) in [5.41, 5.74) is 2.36. The van der Waals surface area contributed by atoms with Crippen LogP contribution in [0.2, 0.25) is 0 Å². The number of amides is 1. The van der Waals surface area contributed by atoms with Crippen molar-refractivity contribution in [2.45, 2.75) is 43.8 Å². The summed E-state index contributed by atoms with van der Waals surface area (Å²) in [6, 6.07) is 7.43. The topological polar surface area (TPSA) is 73.9 Å². The fourth-order valence-electron chi connectivity index (χ4n) is 4.47. The van der Waals surface area contributed by atoms with Gasteiger partial charge in [0, 0.05) is 40.7 Å².